The number of benzene rings is 1. The molecule has 2 aromatic rings. The van der Waals surface area contributed by atoms with Crippen molar-refractivity contribution in [3.63, 3.8) is 0 Å². The standard InChI is InChI=1S/C11H7Br3N2O2/c1-17-8-2-7(13)9(3-6(8)12)18-11-4-10(14)15-5-16-11/h2-5H,1H3. The molecular formula is C11H7Br3N2O2. The Morgan fingerprint density at radius 2 is 1.61 bits per heavy atom. The highest BCUT2D eigenvalue weighted by Gasteiger charge is 2.10. The largest absolute Gasteiger partial charge is 0.496 e. The number of hydrogen-bond donors (Lipinski definition) is 0. The maximum atomic E-state index is 5.66. The van der Waals surface area contributed by atoms with E-state index in [0.717, 1.165) is 14.7 Å². The molecule has 18 heavy (non-hydrogen) atoms. The first-order chi connectivity index (χ1) is 8.60. The molecule has 2 rings (SSSR count). The summed E-state index contributed by atoms with van der Waals surface area (Å²) in [5.74, 6) is 1.81. The summed E-state index contributed by atoms with van der Waals surface area (Å²) in [6.45, 7) is 0. The van der Waals surface area contributed by atoms with Gasteiger partial charge in [0.15, 0.2) is 0 Å². The third-order valence-corrected chi connectivity index (χ3v) is 3.70. The maximum Gasteiger partial charge on any atom is 0.223 e. The van der Waals surface area contributed by atoms with Crippen molar-refractivity contribution in [3.05, 3.63) is 38.1 Å². The lowest BCUT2D eigenvalue weighted by molar-refractivity contribution is 0.408. The lowest BCUT2D eigenvalue weighted by Crippen LogP contribution is -1.92. The molecule has 0 bridgehead atoms. The Balaban J connectivity index is 2.32. The molecule has 0 aliphatic carbocycles. The number of halogens is 3. The molecule has 0 unspecified atom stereocenters. The van der Waals surface area contributed by atoms with Crippen LogP contribution in [0.25, 0.3) is 0 Å². The van der Waals surface area contributed by atoms with Crippen LogP contribution in [0, 0.1) is 0 Å². The minimum Gasteiger partial charge on any atom is -0.496 e. The average Bonchev–Trinajstić information content (AvgIpc) is 2.33. The van der Waals surface area contributed by atoms with Crippen molar-refractivity contribution >= 4 is 47.8 Å². The third-order valence-electron chi connectivity index (χ3n) is 2.03. The van der Waals surface area contributed by atoms with Crippen LogP contribution in [0.4, 0.5) is 0 Å². The van der Waals surface area contributed by atoms with Crippen LogP contribution >= 0.6 is 47.8 Å². The summed E-state index contributed by atoms with van der Waals surface area (Å²) in [4.78, 5) is 7.95. The van der Waals surface area contributed by atoms with Crippen molar-refractivity contribution in [2.45, 2.75) is 0 Å². The SMILES string of the molecule is COc1cc(Br)c(Oc2cc(Br)ncn2)cc1Br. The molecule has 1 aromatic carbocycles. The van der Waals surface area contributed by atoms with E-state index in [2.05, 4.69) is 57.8 Å². The van der Waals surface area contributed by atoms with Gasteiger partial charge in [0, 0.05) is 6.07 Å². The van der Waals surface area contributed by atoms with Gasteiger partial charge in [-0.3, -0.25) is 0 Å². The first-order valence-corrected chi connectivity index (χ1v) is 7.16. The lowest BCUT2D eigenvalue weighted by Gasteiger charge is -2.10. The van der Waals surface area contributed by atoms with Gasteiger partial charge in [0.1, 0.15) is 22.4 Å². The molecule has 4 nitrogen and oxygen atoms in total. The normalized spacial score (nSPS) is 10.2. The van der Waals surface area contributed by atoms with Gasteiger partial charge < -0.3 is 9.47 Å². The Kier molecular flexibility index (Phi) is 4.58. The fourth-order valence-corrected chi connectivity index (χ4v) is 2.41. The molecule has 1 aromatic heterocycles. The van der Waals surface area contributed by atoms with Crippen LogP contribution in [0.1, 0.15) is 0 Å². The van der Waals surface area contributed by atoms with E-state index in [1.54, 1.807) is 19.2 Å². The number of hydrogen-bond acceptors (Lipinski definition) is 4. The number of ether oxygens (including phenoxy) is 2. The third kappa shape index (κ3) is 3.21. The summed E-state index contributed by atoms with van der Waals surface area (Å²) in [6, 6.07) is 5.30. The second-order valence-corrected chi connectivity index (χ2v) is 5.72. The monoisotopic (exact) mass is 436 g/mol. The lowest BCUT2D eigenvalue weighted by atomic mass is 10.3. The van der Waals surface area contributed by atoms with Gasteiger partial charge in [-0.05, 0) is 59.9 Å². The predicted molar refractivity (Wildman–Crippen MR) is 78.2 cm³/mol. The van der Waals surface area contributed by atoms with E-state index >= 15 is 0 Å². The maximum absolute atomic E-state index is 5.66. The summed E-state index contributed by atoms with van der Waals surface area (Å²) < 4.78 is 13.1. The van der Waals surface area contributed by atoms with Crippen molar-refractivity contribution in [2.75, 3.05) is 7.11 Å². The molecule has 0 amide bonds. The molecule has 0 saturated carbocycles. The molecule has 0 radical (unpaired) electrons. The van der Waals surface area contributed by atoms with E-state index in [-0.39, 0.29) is 0 Å². The summed E-state index contributed by atoms with van der Waals surface area (Å²) in [5, 5.41) is 0. The summed E-state index contributed by atoms with van der Waals surface area (Å²) >= 11 is 10.1. The van der Waals surface area contributed by atoms with Crippen molar-refractivity contribution < 1.29 is 9.47 Å². The van der Waals surface area contributed by atoms with Crippen LogP contribution in [-0.2, 0) is 0 Å². The first-order valence-electron chi connectivity index (χ1n) is 4.78. The van der Waals surface area contributed by atoms with Gasteiger partial charge in [-0.15, -0.1) is 0 Å². The predicted octanol–water partition coefficient (Wildman–Crippen LogP) is 4.57. The zero-order valence-corrected chi connectivity index (χ0v) is 13.9. The number of methoxy groups -OCH3 is 1. The van der Waals surface area contributed by atoms with E-state index in [1.807, 2.05) is 6.07 Å². The minimum absolute atomic E-state index is 0.453. The molecule has 0 saturated heterocycles. The van der Waals surface area contributed by atoms with E-state index in [1.165, 1.54) is 6.33 Å². The highest BCUT2D eigenvalue weighted by molar-refractivity contribution is 9.11. The van der Waals surface area contributed by atoms with Crippen LogP contribution in [0.5, 0.6) is 17.4 Å². The molecule has 7 heteroatoms. The van der Waals surface area contributed by atoms with E-state index < -0.39 is 0 Å². The first kappa shape index (κ1) is 13.8. The molecule has 1 heterocycles. The Morgan fingerprint density at radius 1 is 0.944 bits per heavy atom. The highest BCUT2D eigenvalue weighted by atomic mass is 79.9. The minimum atomic E-state index is 0.453. The molecule has 0 N–H and O–H groups in total. The average molecular weight is 439 g/mol. The second-order valence-electron chi connectivity index (χ2n) is 3.20. The van der Waals surface area contributed by atoms with Gasteiger partial charge in [-0.2, -0.15) is 0 Å². The van der Waals surface area contributed by atoms with Crippen LogP contribution in [0.15, 0.2) is 38.1 Å². The number of nitrogens with zero attached hydrogens (tertiary/aromatic N) is 2. The number of rotatable bonds is 3. The van der Waals surface area contributed by atoms with E-state index in [9.17, 15) is 0 Å². The summed E-state index contributed by atoms with van der Waals surface area (Å²) in [7, 11) is 1.61. The fraction of sp³-hybridized carbons (Fsp3) is 0.0909. The Labute approximate surface area is 129 Å². The van der Waals surface area contributed by atoms with Gasteiger partial charge in [-0.1, -0.05) is 0 Å². The number of aromatic nitrogens is 2. The Hall–Kier alpha value is -0.660. The van der Waals surface area contributed by atoms with Crippen LogP contribution < -0.4 is 9.47 Å². The van der Waals surface area contributed by atoms with Crippen LogP contribution in [-0.4, -0.2) is 17.1 Å². The molecule has 0 aliphatic rings. The zero-order chi connectivity index (χ0) is 13.1. The Morgan fingerprint density at radius 3 is 2.28 bits per heavy atom. The van der Waals surface area contributed by atoms with Gasteiger partial charge in [0.2, 0.25) is 5.88 Å². The molecule has 94 valence electrons. The highest BCUT2D eigenvalue weighted by Crippen LogP contribution is 2.37. The van der Waals surface area contributed by atoms with Crippen LogP contribution in [0.2, 0.25) is 0 Å². The zero-order valence-electron chi connectivity index (χ0n) is 9.15. The summed E-state index contributed by atoms with van der Waals surface area (Å²) in [6.07, 6.45) is 1.42. The van der Waals surface area contributed by atoms with E-state index in [4.69, 9.17) is 9.47 Å². The molecule has 0 fully saturated rings. The van der Waals surface area contributed by atoms with Gasteiger partial charge in [0.05, 0.1) is 16.1 Å². The van der Waals surface area contributed by atoms with Gasteiger partial charge in [-0.25, -0.2) is 9.97 Å². The van der Waals surface area contributed by atoms with Crippen molar-refractivity contribution in [1.29, 1.82) is 0 Å². The van der Waals surface area contributed by atoms with Crippen molar-refractivity contribution in [1.82, 2.24) is 9.97 Å². The van der Waals surface area contributed by atoms with E-state index in [0.29, 0.717) is 16.2 Å². The molecule has 0 spiro atoms. The van der Waals surface area contributed by atoms with Gasteiger partial charge >= 0.3 is 0 Å². The molecule has 0 atom stereocenters. The quantitative estimate of drug-likeness (QED) is 0.659. The smallest absolute Gasteiger partial charge is 0.223 e. The van der Waals surface area contributed by atoms with Gasteiger partial charge in [0.25, 0.3) is 0 Å². The van der Waals surface area contributed by atoms with Crippen LogP contribution in [0.3, 0.4) is 0 Å². The second kappa shape index (κ2) is 5.99. The fourth-order valence-electron chi connectivity index (χ4n) is 1.23. The summed E-state index contributed by atoms with van der Waals surface area (Å²) in [5.41, 5.74) is 0. The van der Waals surface area contributed by atoms with Crippen molar-refractivity contribution in [2.24, 2.45) is 0 Å². The van der Waals surface area contributed by atoms with Crippen molar-refractivity contribution in [3.8, 4) is 17.4 Å². The molecular weight excluding hydrogens is 432 g/mol. The topological polar surface area (TPSA) is 44.2 Å². The Bertz CT molecular complexity index is 578. The molecule has 0 aliphatic heterocycles.